The van der Waals surface area contributed by atoms with Crippen LogP contribution in [0.3, 0.4) is 0 Å². The summed E-state index contributed by atoms with van der Waals surface area (Å²) in [5, 5.41) is 0. The first-order valence-electron chi connectivity index (χ1n) is 20.8. The molecule has 8 aromatic carbocycles. The van der Waals surface area contributed by atoms with Crippen LogP contribution in [0.15, 0.2) is 231 Å². The molecule has 286 valence electrons. The van der Waals surface area contributed by atoms with Crippen LogP contribution in [-0.2, 0) is 0 Å². The molecule has 0 fully saturated rings. The second-order valence-corrected chi connectivity index (χ2v) is 15.5. The Hall–Kier alpha value is -8.01. The Morgan fingerprint density at radius 2 is 0.689 bits per heavy atom. The van der Waals surface area contributed by atoms with Crippen LogP contribution in [0.5, 0.6) is 0 Å². The molecular formula is C58H39N3. The second-order valence-electron chi connectivity index (χ2n) is 15.5. The van der Waals surface area contributed by atoms with Gasteiger partial charge >= 0.3 is 0 Å². The van der Waals surface area contributed by atoms with Crippen LogP contribution in [-0.4, -0.2) is 15.0 Å². The van der Waals surface area contributed by atoms with Crippen LogP contribution in [0.25, 0.3) is 89.7 Å². The Morgan fingerprint density at radius 1 is 0.279 bits per heavy atom. The van der Waals surface area contributed by atoms with Crippen LogP contribution in [0.4, 0.5) is 0 Å². The fourth-order valence-electron chi connectivity index (χ4n) is 9.04. The Kier molecular flexibility index (Phi) is 9.25. The van der Waals surface area contributed by atoms with Crippen molar-refractivity contribution in [2.75, 3.05) is 0 Å². The molecule has 0 amide bonds. The van der Waals surface area contributed by atoms with Gasteiger partial charge in [-0.05, 0) is 51.1 Å². The Morgan fingerprint density at radius 3 is 1.20 bits per heavy atom. The normalized spacial score (nSPS) is 11.9. The van der Waals surface area contributed by atoms with Gasteiger partial charge in [-0.15, -0.1) is 0 Å². The van der Waals surface area contributed by atoms with Gasteiger partial charge in [0.05, 0.1) is 28.7 Å². The molecule has 3 heteroatoms. The predicted molar refractivity (Wildman–Crippen MR) is 251 cm³/mol. The number of aromatic nitrogens is 3. The Labute approximate surface area is 356 Å². The molecule has 2 heterocycles. The molecule has 0 saturated heterocycles. The second kappa shape index (κ2) is 15.6. The van der Waals surface area contributed by atoms with E-state index in [9.17, 15) is 0 Å². The molecular weight excluding hydrogens is 739 g/mol. The first-order chi connectivity index (χ1) is 30.3. The van der Waals surface area contributed by atoms with Crippen LogP contribution >= 0.6 is 0 Å². The summed E-state index contributed by atoms with van der Waals surface area (Å²) in [6.45, 7) is 0. The molecule has 1 aliphatic carbocycles. The highest BCUT2D eigenvalue weighted by Crippen LogP contribution is 2.50. The summed E-state index contributed by atoms with van der Waals surface area (Å²) in [5.74, 6) is 0.674. The van der Waals surface area contributed by atoms with Crippen LogP contribution < -0.4 is 0 Å². The molecule has 2 aromatic heterocycles. The zero-order valence-corrected chi connectivity index (χ0v) is 33.4. The van der Waals surface area contributed by atoms with Gasteiger partial charge in [-0.3, -0.25) is 0 Å². The summed E-state index contributed by atoms with van der Waals surface area (Å²) in [6, 6.07) is 81.6. The minimum absolute atomic E-state index is 0.0313. The smallest absolute Gasteiger partial charge is 0.160 e. The molecule has 1 aliphatic rings. The van der Waals surface area contributed by atoms with E-state index in [1.165, 1.54) is 22.3 Å². The summed E-state index contributed by atoms with van der Waals surface area (Å²) in [7, 11) is 0. The van der Waals surface area contributed by atoms with Gasteiger partial charge in [-0.1, -0.05) is 218 Å². The number of nitrogens with zero attached hydrogens (tertiary/aromatic N) is 3. The van der Waals surface area contributed by atoms with Gasteiger partial charge in [-0.2, -0.15) is 0 Å². The lowest BCUT2D eigenvalue weighted by Gasteiger charge is -2.23. The number of pyridine rings is 1. The van der Waals surface area contributed by atoms with E-state index in [-0.39, 0.29) is 5.92 Å². The fourth-order valence-corrected chi connectivity index (χ4v) is 9.04. The molecule has 0 atom stereocenters. The highest BCUT2D eigenvalue weighted by Gasteiger charge is 2.32. The molecule has 0 spiro atoms. The van der Waals surface area contributed by atoms with Gasteiger partial charge in [0.25, 0.3) is 0 Å². The van der Waals surface area contributed by atoms with E-state index in [0.29, 0.717) is 5.82 Å². The maximum Gasteiger partial charge on any atom is 0.160 e. The fraction of sp³-hybridized carbons (Fsp3) is 0.0172. The first kappa shape index (κ1) is 36.1. The maximum atomic E-state index is 5.65. The van der Waals surface area contributed by atoms with Crippen LogP contribution in [0.2, 0.25) is 0 Å². The van der Waals surface area contributed by atoms with Crippen molar-refractivity contribution in [3.05, 3.63) is 247 Å². The van der Waals surface area contributed by atoms with E-state index in [0.717, 1.165) is 78.4 Å². The number of hydrogen-bond donors (Lipinski definition) is 0. The van der Waals surface area contributed by atoms with Crippen molar-refractivity contribution in [1.82, 2.24) is 15.0 Å². The van der Waals surface area contributed by atoms with Gasteiger partial charge in [0.1, 0.15) is 0 Å². The lowest BCUT2D eigenvalue weighted by atomic mass is 9.83. The third kappa shape index (κ3) is 6.63. The molecule has 0 N–H and O–H groups in total. The average molecular weight is 778 g/mol. The van der Waals surface area contributed by atoms with Crippen LogP contribution in [0, 0.1) is 0 Å². The maximum absolute atomic E-state index is 5.65. The first-order valence-corrected chi connectivity index (χ1v) is 20.8. The standard InChI is InChI=1S/C58H39N3/c1-6-21-39(22-7-1)53-52(54(40-23-8-2-9-24-40)57(42-27-12-4-13-28-42)61-56(53)41-25-10-3-11-26-41)45-32-20-31-44(37-45)50-38-51(60-58(59-50)43-29-14-5-15-30-43)55-48-35-18-16-33-46(48)47-34-17-19-36-49(47)55/h1-38,55H. The van der Waals surface area contributed by atoms with Crippen molar-refractivity contribution in [2.45, 2.75) is 5.92 Å². The largest absolute Gasteiger partial charge is 0.246 e. The molecule has 0 aliphatic heterocycles. The molecule has 0 unspecified atom stereocenters. The van der Waals surface area contributed by atoms with Crippen molar-refractivity contribution in [3.8, 4) is 89.7 Å². The van der Waals surface area contributed by atoms with Gasteiger partial charge in [0.2, 0.25) is 0 Å². The minimum Gasteiger partial charge on any atom is -0.246 e. The van der Waals surface area contributed by atoms with Crippen molar-refractivity contribution < 1.29 is 0 Å². The quantitative estimate of drug-likeness (QED) is 0.154. The third-order valence-electron chi connectivity index (χ3n) is 11.8. The predicted octanol–water partition coefficient (Wildman–Crippen LogP) is 14.7. The molecule has 0 radical (unpaired) electrons. The summed E-state index contributed by atoms with van der Waals surface area (Å²) < 4.78 is 0. The molecule has 0 saturated carbocycles. The van der Waals surface area contributed by atoms with Gasteiger partial charge < -0.3 is 0 Å². The van der Waals surface area contributed by atoms with E-state index >= 15 is 0 Å². The number of benzene rings is 8. The number of rotatable bonds is 8. The Bertz CT molecular complexity index is 3020. The monoisotopic (exact) mass is 777 g/mol. The van der Waals surface area contributed by atoms with Crippen molar-refractivity contribution in [3.63, 3.8) is 0 Å². The highest BCUT2D eigenvalue weighted by atomic mass is 14.9. The molecule has 61 heavy (non-hydrogen) atoms. The van der Waals surface area contributed by atoms with Gasteiger partial charge in [0, 0.05) is 38.9 Å². The highest BCUT2D eigenvalue weighted by molar-refractivity contribution is 6.05. The topological polar surface area (TPSA) is 38.7 Å². The third-order valence-corrected chi connectivity index (χ3v) is 11.8. The van der Waals surface area contributed by atoms with E-state index in [2.05, 4.69) is 224 Å². The SMILES string of the molecule is c1ccc(-c2nc(-c3cccc(-c4c(-c5ccccc5)c(-c5ccccc5)nc(-c5ccccc5)c4-c4ccccc4)c3)cc(C3c4ccccc4-c4ccccc43)n2)cc1. The molecule has 3 nitrogen and oxygen atoms in total. The van der Waals surface area contributed by atoms with E-state index in [1.807, 2.05) is 6.07 Å². The van der Waals surface area contributed by atoms with Crippen molar-refractivity contribution in [2.24, 2.45) is 0 Å². The van der Waals surface area contributed by atoms with E-state index < -0.39 is 0 Å². The molecule has 0 bridgehead atoms. The van der Waals surface area contributed by atoms with Gasteiger partial charge in [-0.25, -0.2) is 15.0 Å². The Balaban J connectivity index is 1.20. The summed E-state index contributed by atoms with van der Waals surface area (Å²) in [5.41, 5.74) is 19.4. The van der Waals surface area contributed by atoms with Crippen LogP contribution in [0.1, 0.15) is 22.7 Å². The van der Waals surface area contributed by atoms with Crippen molar-refractivity contribution in [1.29, 1.82) is 0 Å². The summed E-state index contributed by atoms with van der Waals surface area (Å²) in [6.07, 6.45) is 0. The summed E-state index contributed by atoms with van der Waals surface area (Å²) >= 11 is 0. The molecule has 10 aromatic rings. The molecule has 11 rings (SSSR count). The van der Waals surface area contributed by atoms with Gasteiger partial charge in [0.15, 0.2) is 5.82 Å². The van der Waals surface area contributed by atoms with E-state index in [1.54, 1.807) is 0 Å². The van der Waals surface area contributed by atoms with Crippen molar-refractivity contribution >= 4 is 0 Å². The average Bonchev–Trinajstić information content (AvgIpc) is 3.69. The number of fused-ring (bicyclic) bond motifs is 3. The lowest BCUT2D eigenvalue weighted by molar-refractivity contribution is 0.932. The summed E-state index contributed by atoms with van der Waals surface area (Å²) in [4.78, 5) is 16.4. The zero-order chi connectivity index (χ0) is 40.5. The van der Waals surface area contributed by atoms with E-state index in [4.69, 9.17) is 15.0 Å². The zero-order valence-electron chi connectivity index (χ0n) is 33.4. The minimum atomic E-state index is -0.0313. The lowest BCUT2D eigenvalue weighted by Crippen LogP contribution is -2.06. The number of hydrogen-bond acceptors (Lipinski definition) is 3.